The number of nitrogens with one attached hydrogen (secondary N) is 2. The van der Waals surface area contributed by atoms with E-state index in [0.29, 0.717) is 6.54 Å². The minimum atomic E-state index is -3.47. The van der Waals surface area contributed by atoms with Crippen LogP contribution < -0.4 is 14.9 Å². The molecule has 0 aliphatic carbocycles. The van der Waals surface area contributed by atoms with Gasteiger partial charge in [0, 0.05) is 35.8 Å². The molecule has 0 aromatic heterocycles. The summed E-state index contributed by atoms with van der Waals surface area (Å²) in [6, 6.07) is 25.6. The molecule has 0 radical (unpaired) electrons. The van der Waals surface area contributed by atoms with Gasteiger partial charge in [-0.25, -0.2) is 13.1 Å². The summed E-state index contributed by atoms with van der Waals surface area (Å²) in [4.78, 5) is 16.9. The van der Waals surface area contributed by atoms with E-state index in [1.54, 1.807) is 11.8 Å². The fourth-order valence-corrected chi connectivity index (χ4v) is 5.51. The number of carbonyl (C=O) groups excluding carboxylic acids is 1. The lowest BCUT2D eigenvalue weighted by Crippen LogP contribution is -2.35. The van der Waals surface area contributed by atoms with Crippen LogP contribution in [0.5, 0.6) is 0 Å². The van der Waals surface area contributed by atoms with Gasteiger partial charge in [-0.15, -0.1) is 0 Å². The van der Waals surface area contributed by atoms with E-state index in [-0.39, 0.29) is 31.2 Å². The Morgan fingerprint density at radius 3 is 2.09 bits per heavy atom. The number of benzene rings is 3. The number of rotatable bonds is 9. The highest BCUT2D eigenvalue weighted by molar-refractivity contribution is 7.99. The van der Waals surface area contributed by atoms with Gasteiger partial charge in [0.15, 0.2) is 0 Å². The molecule has 1 aliphatic heterocycles. The molecular weight excluding hydrogens is 442 g/mol. The van der Waals surface area contributed by atoms with Crippen molar-refractivity contribution >= 4 is 39.1 Å². The minimum absolute atomic E-state index is 0.0754. The Morgan fingerprint density at radius 2 is 1.44 bits per heavy atom. The number of hydrogen-bond donors (Lipinski definition) is 2. The fourth-order valence-electron chi connectivity index (χ4n) is 3.51. The molecule has 8 heteroatoms. The molecule has 4 rings (SSSR count). The van der Waals surface area contributed by atoms with Crippen molar-refractivity contribution in [1.29, 1.82) is 0 Å². The SMILES string of the molecule is O=C(CCN1c2ccccc2Sc2ccccc21)NCCS(=O)(=O)NCc1ccccc1. The van der Waals surface area contributed by atoms with Gasteiger partial charge in [-0.1, -0.05) is 66.4 Å². The Bertz CT molecular complexity index is 1140. The van der Waals surface area contributed by atoms with E-state index in [2.05, 4.69) is 39.2 Å². The summed E-state index contributed by atoms with van der Waals surface area (Å²) in [5, 5.41) is 2.73. The van der Waals surface area contributed by atoms with Crippen molar-refractivity contribution in [1.82, 2.24) is 10.0 Å². The molecule has 0 unspecified atom stereocenters. The average molecular weight is 468 g/mol. The van der Waals surface area contributed by atoms with Crippen LogP contribution in [-0.2, 0) is 21.4 Å². The van der Waals surface area contributed by atoms with Gasteiger partial charge in [-0.05, 0) is 29.8 Å². The van der Waals surface area contributed by atoms with E-state index < -0.39 is 10.0 Å². The lowest BCUT2D eigenvalue weighted by molar-refractivity contribution is -0.120. The third-order valence-electron chi connectivity index (χ3n) is 5.13. The van der Waals surface area contributed by atoms with Crippen molar-refractivity contribution in [3.05, 3.63) is 84.4 Å². The third kappa shape index (κ3) is 5.70. The number of hydrogen-bond acceptors (Lipinski definition) is 5. The average Bonchev–Trinajstić information content (AvgIpc) is 2.81. The second-order valence-electron chi connectivity index (χ2n) is 7.41. The summed E-state index contributed by atoms with van der Waals surface area (Å²) in [5.74, 6) is -0.325. The fraction of sp³-hybridized carbons (Fsp3) is 0.208. The Hall–Kier alpha value is -2.81. The number of sulfonamides is 1. The van der Waals surface area contributed by atoms with Crippen LogP contribution in [0.15, 0.2) is 88.7 Å². The summed E-state index contributed by atoms with van der Waals surface area (Å²) in [7, 11) is -3.47. The van der Waals surface area contributed by atoms with Gasteiger partial charge < -0.3 is 10.2 Å². The second kappa shape index (κ2) is 10.2. The van der Waals surface area contributed by atoms with Crippen LogP contribution in [0.2, 0.25) is 0 Å². The third-order valence-corrected chi connectivity index (χ3v) is 7.58. The molecule has 1 amide bonds. The van der Waals surface area contributed by atoms with Gasteiger partial charge in [-0.3, -0.25) is 4.79 Å². The van der Waals surface area contributed by atoms with Crippen molar-refractivity contribution in [3.8, 4) is 0 Å². The zero-order valence-electron chi connectivity index (χ0n) is 17.5. The molecule has 0 atom stereocenters. The van der Waals surface area contributed by atoms with Crippen molar-refractivity contribution in [2.24, 2.45) is 0 Å². The molecule has 0 fully saturated rings. The van der Waals surface area contributed by atoms with E-state index in [1.165, 1.54) is 0 Å². The van der Waals surface area contributed by atoms with E-state index in [1.807, 2.05) is 54.6 Å². The number of para-hydroxylation sites is 2. The van der Waals surface area contributed by atoms with E-state index in [9.17, 15) is 13.2 Å². The van der Waals surface area contributed by atoms with Crippen LogP contribution in [-0.4, -0.2) is 33.2 Å². The largest absolute Gasteiger partial charge is 0.355 e. The molecule has 0 saturated carbocycles. The second-order valence-corrected chi connectivity index (χ2v) is 10.4. The molecule has 3 aromatic carbocycles. The predicted octanol–water partition coefficient (Wildman–Crippen LogP) is 3.92. The number of carbonyl (C=O) groups is 1. The standard InChI is InChI=1S/C24H25N3O3S2/c28-24(25-15-17-32(29,30)26-18-19-8-2-1-3-9-19)14-16-27-20-10-4-6-12-22(20)31-23-13-7-5-11-21(23)27/h1-13,26H,14-18H2,(H,25,28). The molecule has 166 valence electrons. The highest BCUT2D eigenvalue weighted by Crippen LogP contribution is 2.47. The number of fused-ring (bicyclic) bond motifs is 2. The van der Waals surface area contributed by atoms with Gasteiger partial charge in [0.05, 0.1) is 17.1 Å². The zero-order chi connectivity index (χ0) is 22.4. The molecule has 3 aromatic rings. The summed E-state index contributed by atoms with van der Waals surface area (Å²) >= 11 is 1.72. The van der Waals surface area contributed by atoms with Crippen LogP contribution in [0.25, 0.3) is 0 Å². The van der Waals surface area contributed by atoms with E-state index >= 15 is 0 Å². The van der Waals surface area contributed by atoms with Gasteiger partial charge in [-0.2, -0.15) is 0 Å². The molecule has 0 spiro atoms. The van der Waals surface area contributed by atoms with Gasteiger partial charge in [0.2, 0.25) is 15.9 Å². The zero-order valence-corrected chi connectivity index (χ0v) is 19.2. The number of anilines is 2. The molecule has 0 saturated heterocycles. The predicted molar refractivity (Wildman–Crippen MR) is 129 cm³/mol. The van der Waals surface area contributed by atoms with Gasteiger partial charge >= 0.3 is 0 Å². The number of amides is 1. The molecule has 0 bridgehead atoms. The Balaban J connectivity index is 1.28. The molecule has 32 heavy (non-hydrogen) atoms. The van der Waals surface area contributed by atoms with Crippen molar-refractivity contribution in [2.75, 3.05) is 23.7 Å². The highest BCUT2D eigenvalue weighted by Gasteiger charge is 2.23. The first-order valence-electron chi connectivity index (χ1n) is 10.4. The molecule has 1 heterocycles. The lowest BCUT2D eigenvalue weighted by atomic mass is 10.2. The summed E-state index contributed by atoms with van der Waals surface area (Å²) in [6.45, 7) is 0.828. The van der Waals surface area contributed by atoms with E-state index in [0.717, 1.165) is 26.7 Å². The van der Waals surface area contributed by atoms with Crippen LogP contribution >= 0.6 is 11.8 Å². The first-order valence-corrected chi connectivity index (χ1v) is 12.9. The molecule has 6 nitrogen and oxygen atoms in total. The Morgan fingerprint density at radius 1 is 0.844 bits per heavy atom. The Kier molecular flexibility index (Phi) is 7.14. The van der Waals surface area contributed by atoms with Crippen molar-refractivity contribution < 1.29 is 13.2 Å². The first kappa shape index (κ1) is 22.4. The maximum atomic E-state index is 12.4. The van der Waals surface area contributed by atoms with Gasteiger partial charge in [0.25, 0.3) is 0 Å². The summed E-state index contributed by atoms with van der Waals surface area (Å²) in [5.41, 5.74) is 3.05. The molecule has 2 N–H and O–H groups in total. The lowest BCUT2D eigenvalue weighted by Gasteiger charge is -2.32. The number of nitrogens with zero attached hydrogens (tertiary/aromatic N) is 1. The normalized spacial score (nSPS) is 12.7. The smallest absolute Gasteiger partial charge is 0.221 e. The topological polar surface area (TPSA) is 78.5 Å². The maximum absolute atomic E-state index is 12.4. The monoisotopic (exact) mass is 467 g/mol. The van der Waals surface area contributed by atoms with Gasteiger partial charge in [0.1, 0.15) is 0 Å². The highest BCUT2D eigenvalue weighted by atomic mass is 32.2. The van der Waals surface area contributed by atoms with E-state index in [4.69, 9.17) is 0 Å². The molecular formula is C24H25N3O3S2. The minimum Gasteiger partial charge on any atom is -0.355 e. The van der Waals surface area contributed by atoms with Crippen LogP contribution in [0.3, 0.4) is 0 Å². The summed E-state index contributed by atoms with van der Waals surface area (Å²) < 4.78 is 26.9. The van der Waals surface area contributed by atoms with Crippen molar-refractivity contribution in [3.63, 3.8) is 0 Å². The van der Waals surface area contributed by atoms with Crippen molar-refractivity contribution in [2.45, 2.75) is 22.8 Å². The van der Waals surface area contributed by atoms with Crippen LogP contribution in [0, 0.1) is 0 Å². The summed E-state index contributed by atoms with van der Waals surface area (Å²) in [6.07, 6.45) is 0.269. The Labute approximate surface area is 193 Å². The maximum Gasteiger partial charge on any atom is 0.221 e. The molecule has 1 aliphatic rings. The quantitative estimate of drug-likeness (QED) is 0.499. The van der Waals surface area contributed by atoms with Crippen LogP contribution in [0.4, 0.5) is 11.4 Å². The van der Waals surface area contributed by atoms with Crippen LogP contribution in [0.1, 0.15) is 12.0 Å². The first-order chi connectivity index (χ1) is 15.5.